The van der Waals surface area contributed by atoms with Gasteiger partial charge in [-0.05, 0) is 6.42 Å². The number of hydrogen-bond acceptors (Lipinski definition) is 2. The van der Waals surface area contributed by atoms with E-state index in [4.69, 9.17) is 0 Å². The zero-order valence-electron chi connectivity index (χ0n) is 8.20. The van der Waals surface area contributed by atoms with Crippen molar-refractivity contribution in [1.29, 1.82) is 0 Å². The van der Waals surface area contributed by atoms with Crippen LogP contribution in [0.3, 0.4) is 0 Å². The van der Waals surface area contributed by atoms with E-state index in [-0.39, 0.29) is 25.2 Å². The second kappa shape index (κ2) is 3.96. The van der Waals surface area contributed by atoms with Crippen molar-refractivity contribution >= 4 is 17.8 Å². The molecular formula is C9H15FN2OS. The maximum Gasteiger partial charge on any atom is 0.317 e. The van der Waals surface area contributed by atoms with Crippen LogP contribution in [0, 0.1) is 0 Å². The van der Waals surface area contributed by atoms with Crippen LogP contribution in [0.5, 0.6) is 0 Å². The fraction of sp³-hybridized carbons (Fsp3) is 0.889. The molecule has 5 heteroatoms. The van der Waals surface area contributed by atoms with Gasteiger partial charge in [0.25, 0.3) is 0 Å². The summed E-state index contributed by atoms with van der Waals surface area (Å²) < 4.78 is 12.5. The first-order chi connectivity index (χ1) is 6.65. The lowest BCUT2D eigenvalue weighted by atomic mass is 10.2. The molecule has 3 nitrogen and oxygen atoms in total. The molecule has 2 aliphatic heterocycles. The van der Waals surface area contributed by atoms with Crippen LogP contribution < -0.4 is 5.32 Å². The minimum Gasteiger partial charge on any atom is -0.334 e. The van der Waals surface area contributed by atoms with E-state index >= 15 is 0 Å². The predicted octanol–water partition coefficient (Wildman–Crippen LogP) is 1.24. The summed E-state index contributed by atoms with van der Waals surface area (Å²) in [6, 6.07) is 0.180. The van der Waals surface area contributed by atoms with Crippen molar-refractivity contribution in [2.45, 2.75) is 30.8 Å². The Morgan fingerprint density at radius 3 is 2.79 bits per heavy atom. The number of urea groups is 1. The molecule has 0 saturated carbocycles. The minimum atomic E-state index is -0.808. The van der Waals surface area contributed by atoms with E-state index in [9.17, 15) is 9.18 Å². The molecule has 2 aliphatic rings. The monoisotopic (exact) mass is 218 g/mol. The van der Waals surface area contributed by atoms with Gasteiger partial charge in [0.15, 0.2) is 0 Å². The summed E-state index contributed by atoms with van der Waals surface area (Å²) in [4.78, 5) is 13.0. The second-order valence-corrected chi connectivity index (χ2v) is 5.50. The lowest BCUT2D eigenvalue weighted by Crippen LogP contribution is -2.56. The van der Waals surface area contributed by atoms with E-state index in [1.165, 1.54) is 4.90 Å². The number of alkyl halides is 1. The van der Waals surface area contributed by atoms with E-state index in [2.05, 4.69) is 12.2 Å². The van der Waals surface area contributed by atoms with E-state index in [0.29, 0.717) is 5.25 Å². The van der Waals surface area contributed by atoms with Crippen LogP contribution in [0.4, 0.5) is 9.18 Å². The highest BCUT2D eigenvalue weighted by Crippen LogP contribution is 2.26. The third kappa shape index (κ3) is 2.13. The number of carbonyl (C=O) groups is 1. The van der Waals surface area contributed by atoms with Gasteiger partial charge in [-0.15, -0.1) is 0 Å². The van der Waals surface area contributed by atoms with Gasteiger partial charge >= 0.3 is 6.03 Å². The van der Waals surface area contributed by atoms with Crippen LogP contribution in [-0.2, 0) is 0 Å². The zero-order valence-corrected chi connectivity index (χ0v) is 9.02. The Bertz CT molecular complexity index is 233. The van der Waals surface area contributed by atoms with Crippen LogP contribution in [-0.4, -0.2) is 47.2 Å². The van der Waals surface area contributed by atoms with Crippen molar-refractivity contribution in [3.8, 4) is 0 Å². The average molecular weight is 218 g/mol. The summed E-state index contributed by atoms with van der Waals surface area (Å²) in [6.45, 7) is 2.69. The third-order valence-electron chi connectivity index (χ3n) is 2.65. The quantitative estimate of drug-likeness (QED) is 0.718. The van der Waals surface area contributed by atoms with Crippen LogP contribution in [0.1, 0.15) is 13.3 Å². The largest absolute Gasteiger partial charge is 0.334 e. The summed E-state index contributed by atoms with van der Waals surface area (Å²) in [5, 5.41) is 3.56. The molecule has 0 aromatic carbocycles. The van der Waals surface area contributed by atoms with Crippen molar-refractivity contribution in [2.75, 3.05) is 18.8 Å². The Balaban J connectivity index is 1.72. The fourth-order valence-electron chi connectivity index (χ4n) is 1.77. The van der Waals surface area contributed by atoms with Gasteiger partial charge in [-0.1, -0.05) is 6.92 Å². The number of nitrogens with zero attached hydrogens (tertiary/aromatic N) is 1. The molecule has 0 aromatic rings. The highest BCUT2D eigenvalue weighted by molar-refractivity contribution is 8.00. The van der Waals surface area contributed by atoms with Crippen LogP contribution in [0.2, 0.25) is 0 Å². The van der Waals surface area contributed by atoms with Crippen LogP contribution in [0.25, 0.3) is 0 Å². The fourth-order valence-corrected chi connectivity index (χ4v) is 2.92. The number of nitrogens with one attached hydrogen (secondary N) is 1. The molecule has 1 N–H and O–H groups in total. The number of carbonyl (C=O) groups excluding carboxylic acids is 1. The molecule has 2 fully saturated rings. The molecule has 0 aromatic heterocycles. The van der Waals surface area contributed by atoms with E-state index in [1.807, 2.05) is 11.8 Å². The third-order valence-corrected chi connectivity index (χ3v) is 4.01. The zero-order chi connectivity index (χ0) is 10.1. The van der Waals surface area contributed by atoms with E-state index in [0.717, 1.165) is 12.2 Å². The van der Waals surface area contributed by atoms with Gasteiger partial charge in [-0.2, -0.15) is 11.8 Å². The van der Waals surface area contributed by atoms with Gasteiger partial charge in [-0.25, -0.2) is 9.18 Å². The summed E-state index contributed by atoms with van der Waals surface area (Å²) >= 11 is 1.88. The topological polar surface area (TPSA) is 32.3 Å². The number of hydrogen-bond donors (Lipinski definition) is 1. The molecule has 2 rings (SSSR count). The number of amides is 2. The van der Waals surface area contributed by atoms with Crippen molar-refractivity contribution in [1.82, 2.24) is 10.2 Å². The normalized spacial score (nSPS) is 32.9. The highest BCUT2D eigenvalue weighted by atomic mass is 32.2. The maximum atomic E-state index is 12.5. The standard InChI is InChI=1S/C9H15FN2OS/c1-6-2-8(5-14-6)11-9(13)12-3-7(10)4-12/h6-8H,2-5H2,1H3,(H,11,13). The molecule has 0 radical (unpaired) electrons. The lowest BCUT2D eigenvalue weighted by molar-refractivity contribution is 0.0885. The molecule has 0 aliphatic carbocycles. The predicted molar refractivity (Wildman–Crippen MR) is 55.3 cm³/mol. The van der Waals surface area contributed by atoms with Gasteiger partial charge in [-0.3, -0.25) is 0 Å². The van der Waals surface area contributed by atoms with Crippen molar-refractivity contribution in [3.05, 3.63) is 0 Å². The first kappa shape index (κ1) is 10.1. The number of thioether (sulfide) groups is 1. The molecular weight excluding hydrogens is 203 g/mol. The number of likely N-dealkylation sites (tertiary alicyclic amines) is 1. The Morgan fingerprint density at radius 2 is 2.29 bits per heavy atom. The first-order valence-electron chi connectivity index (χ1n) is 4.96. The summed E-state index contributed by atoms with van der Waals surface area (Å²) in [5.41, 5.74) is 0. The Morgan fingerprint density at radius 1 is 1.57 bits per heavy atom. The lowest BCUT2D eigenvalue weighted by Gasteiger charge is -2.35. The van der Waals surface area contributed by atoms with E-state index < -0.39 is 6.17 Å². The highest BCUT2D eigenvalue weighted by Gasteiger charge is 2.32. The van der Waals surface area contributed by atoms with Crippen LogP contribution >= 0.6 is 11.8 Å². The molecule has 14 heavy (non-hydrogen) atoms. The van der Waals surface area contributed by atoms with E-state index in [1.54, 1.807) is 0 Å². The number of rotatable bonds is 1. The first-order valence-corrected chi connectivity index (χ1v) is 6.01. The summed E-state index contributed by atoms with van der Waals surface area (Å²) in [5.74, 6) is 0.986. The maximum absolute atomic E-state index is 12.5. The molecule has 0 bridgehead atoms. The van der Waals surface area contributed by atoms with Gasteiger partial charge in [0.1, 0.15) is 6.17 Å². The van der Waals surface area contributed by atoms with Gasteiger partial charge in [0.2, 0.25) is 0 Å². The molecule has 2 amide bonds. The Kier molecular flexibility index (Phi) is 2.85. The van der Waals surface area contributed by atoms with Crippen molar-refractivity contribution < 1.29 is 9.18 Å². The Hall–Kier alpha value is -0.450. The second-order valence-electron chi connectivity index (χ2n) is 4.03. The van der Waals surface area contributed by atoms with Gasteiger partial charge in [0.05, 0.1) is 13.1 Å². The van der Waals surface area contributed by atoms with Crippen molar-refractivity contribution in [3.63, 3.8) is 0 Å². The minimum absolute atomic E-state index is 0.0985. The van der Waals surface area contributed by atoms with Gasteiger partial charge < -0.3 is 10.2 Å². The molecule has 0 spiro atoms. The molecule has 2 heterocycles. The van der Waals surface area contributed by atoms with Crippen molar-refractivity contribution in [2.24, 2.45) is 0 Å². The van der Waals surface area contributed by atoms with Crippen LogP contribution in [0.15, 0.2) is 0 Å². The molecule has 2 saturated heterocycles. The number of halogens is 1. The molecule has 80 valence electrons. The smallest absolute Gasteiger partial charge is 0.317 e. The SMILES string of the molecule is CC1CC(NC(=O)N2CC(F)C2)CS1. The Labute approximate surface area is 87.4 Å². The molecule has 2 unspecified atom stereocenters. The summed E-state index contributed by atoms with van der Waals surface area (Å²) in [6.07, 6.45) is 0.223. The summed E-state index contributed by atoms with van der Waals surface area (Å²) in [7, 11) is 0. The molecule has 2 atom stereocenters. The average Bonchev–Trinajstić information content (AvgIpc) is 2.45. The van der Waals surface area contributed by atoms with Gasteiger partial charge in [0, 0.05) is 17.0 Å².